The summed E-state index contributed by atoms with van der Waals surface area (Å²) in [5.74, 6) is 0.112. The fraction of sp³-hybridized carbons (Fsp3) is 0.562. The molecule has 0 radical (unpaired) electrons. The van der Waals surface area contributed by atoms with Gasteiger partial charge in [-0.15, -0.1) is 0 Å². The first-order valence-electron chi connectivity index (χ1n) is 7.10. The minimum absolute atomic E-state index is 0.112. The molecule has 0 N–H and O–H groups in total. The summed E-state index contributed by atoms with van der Waals surface area (Å²) in [7, 11) is 0. The summed E-state index contributed by atoms with van der Waals surface area (Å²) < 4.78 is 5.62. The highest BCUT2D eigenvalue weighted by atomic mass is 35.5. The second-order valence-corrected chi connectivity index (χ2v) is 6.09. The van der Waals surface area contributed by atoms with E-state index in [0.29, 0.717) is 30.6 Å². The fourth-order valence-corrected chi connectivity index (χ4v) is 2.73. The van der Waals surface area contributed by atoms with Crippen LogP contribution >= 0.6 is 11.6 Å². The van der Waals surface area contributed by atoms with Gasteiger partial charge in [0.15, 0.2) is 5.78 Å². The van der Waals surface area contributed by atoms with E-state index in [9.17, 15) is 4.79 Å². The van der Waals surface area contributed by atoms with Crippen molar-refractivity contribution in [1.29, 1.82) is 0 Å². The van der Waals surface area contributed by atoms with Gasteiger partial charge in [0.1, 0.15) is 6.10 Å². The highest BCUT2D eigenvalue weighted by molar-refractivity contribution is 6.31. The molecule has 1 aromatic carbocycles. The lowest BCUT2D eigenvalue weighted by Crippen LogP contribution is -2.49. The largest absolute Gasteiger partial charge is 0.368 e. The molecule has 1 aliphatic rings. The summed E-state index contributed by atoms with van der Waals surface area (Å²) >= 11 is 6.19. The monoisotopic (exact) mass is 295 g/mol. The number of benzene rings is 1. The molecule has 1 aliphatic heterocycles. The first-order valence-corrected chi connectivity index (χ1v) is 7.48. The van der Waals surface area contributed by atoms with Crippen LogP contribution < -0.4 is 0 Å². The van der Waals surface area contributed by atoms with Gasteiger partial charge in [0.2, 0.25) is 0 Å². The summed E-state index contributed by atoms with van der Waals surface area (Å²) in [6, 6.07) is 6.25. The molecule has 0 spiro atoms. The van der Waals surface area contributed by atoms with Gasteiger partial charge in [-0.1, -0.05) is 23.7 Å². The SMILES string of the molecule is Cc1ccc(CC(=O)C2CN(C(C)C)CCO2)c(Cl)c1. The van der Waals surface area contributed by atoms with E-state index in [1.165, 1.54) is 0 Å². The second kappa shape index (κ2) is 6.70. The number of carbonyl (C=O) groups excluding carboxylic acids is 1. The van der Waals surface area contributed by atoms with Gasteiger partial charge in [0.25, 0.3) is 0 Å². The van der Waals surface area contributed by atoms with Crippen molar-refractivity contribution < 1.29 is 9.53 Å². The van der Waals surface area contributed by atoms with Gasteiger partial charge in [-0.05, 0) is 38.0 Å². The molecule has 4 heteroatoms. The van der Waals surface area contributed by atoms with Crippen LogP contribution in [0.5, 0.6) is 0 Å². The third kappa shape index (κ3) is 3.81. The Morgan fingerprint density at radius 2 is 2.25 bits per heavy atom. The zero-order valence-corrected chi connectivity index (χ0v) is 13.1. The molecule has 1 atom stereocenters. The second-order valence-electron chi connectivity index (χ2n) is 5.69. The van der Waals surface area contributed by atoms with Crippen LogP contribution in [-0.2, 0) is 16.0 Å². The van der Waals surface area contributed by atoms with Crippen molar-refractivity contribution in [3.63, 3.8) is 0 Å². The van der Waals surface area contributed by atoms with Crippen molar-refractivity contribution in [3.8, 4) is 0 Å². The number of halogens is 1. The lowest BCUT2D eigenvalue weighted by molar-refractivity contribution is -0.136. The molecule has 1 unspecified atom stereocenters. The number of rotatable bonds is 4. The quantitative estimate of drug-likeness (QED) is 0.855. The van der Waals surface area contributed by atoms with Gasteiger partial charge in [-0.3, -0.25) is 9.69 Å². The smallest absolute Gasteiger partial charge is 0.167 e. The molecular weight excluding hydrogens is 274 g/mol. The first kappa shape index (κ1) is 15.5. The van der Waals surface area contributed by atoms with Crippen LogP contribution in [0.1, 0.15) is 25.0 Å². The lowest BCUT2D eigenvalue weighted by Gasteiger charge is -2.34. The molecule has 0 aromatic heterocycles. The normalized spacial score (nSPS) is 20.4. The number of Topliss-reactive ketones (excluding diaryl/α,β-unsaturated/α-hetero) is 1. The minimum atomic E-state index is -0.330. The molecule has 1 saturated heterocycles. The summed E-state index contributed by atoms with van der Waals surface area (Å²) in [5.41, 5.74) is 1.98. The predicted molar refractivity (Wildman–Crippen MR) is 81.3 cm³/mol. The maximum atomic E-state index is 12.4. The molecule has 0 amide bonds. The molecule has 1 heterocycles. The van der Waals surface area contributed by atoms with E-state index in [1.54, 1.807) is 0 Å². The Bertz CT molecular complexity index is 487. The summed E-state index contributed by atoms with van der Waals surface area (Å²) in [4.78, 5) is 14.6. The molecule has 20 heavy (non-hydrogen) atoms. The Labute approximate surface area is 125 Å². The van der Waals surface area contributed by atoms with E-state index >= 15 is 0 Å². The van der Waals surface area contributed by atoms with Crippen LogP contribution in [0.2, 0.25) is 5.02 Å². The van der Waals surface area contributed by atoms with Gasteiger partial charge in [0.05, 0.1) is 6.61 Å². The summed E-state index contributed by atoms with van der Waals surface area (Å²) in [5, 5.41) is 0.662. The van der Waals surface area contributed by atoms with Crippen molar-refractivity contribution >= 4 is 17.4 Å². The van der Waals surface area contributed by atoms with Gasteiger partial charge in [-0.2, -0.15) is 0 Å². The lowest BCUT2D eigenvalue weighted by atomic mass is 10.0. The number of hydrogen-bond acceptors (Lipinski definition) is 3. The first-order chi connectivity index (χ1) is 9.47. The number of morpholine rings is 1. The van der Waals surface area contributed by atoms with Crippen LogP contribution in [0.4, 0.5) is 0 Å². The average molecular weight is 296 g/mol. The van der Waals surface area contributed by atoms with E-state index < -0.39 is 0 Å². The molecule has 0 saturated carbocycles. The van der Waals surface area contributed by atoms with Crippen LogP contribution in [-0.4, -0.2) is 42.5 Å². The molecule has 1 aromatic rings. The zero-order valence-electron chi connectivity index (χ0n) is 12.4. The topological polar surface area (TPSA) is 29.5 Å². The number of carbonyl (C=O) groups is 1. The molecule has 110 valence electrons. The Balaban J connectivity index is 2.00. The predicted octanol–water partition coefficient (Wildman–Crippen LogP) is 2.87. The molecule has 0 bridgehead atoms. The van der Waals surface area contributed by atoms with Crippen LogP contribution in [0, 0.1) is 6.92 Å². The van der Waals surface area contributed by atoms with Gasteiger partial charge >= 0.3 is 0 Å². The van der Waals surface area contributed by atoms with E-state index in [2.05, 4.69) is 18.7 Å². The van der Waals surface area contributed by atoms with Crippen molar-refractivity contribution in [2.45, 2.75) is 39.3 Å². The maximum absolute atomic E-state index is 12.4. The number of aryl methyl sites for hydroxylation is 1. The van der Waals surface area contributed by atoms with Crippen molar-refractivity contribution in [2.75, 3.05) is 19.7 Å². The third-order valence-corrected chi connectivity index (χ3v) is 4.11. The highest BCUT2D eigenvalue weighted by Crippen LogP contribution is 2.20. The Kier molecular flexibility index (Phi) is 5.19. The molecule has 1 fully saturated rings. The zero-order chi connectivity index (χ0) is 14.7. The van der Waals surface area contributed by atoms with Gasteiger partial charge in [0, 0.05) is 30.6 Å². The Morgan fingerprint density at radius 1 is 1.50 bits per heavy atom. The molecule has 2 rings (SSSR count). The van der Waals surface area contributed by atoms with Crippen molar-refractivity contribution in [1.82, 2.24) is 4.90 Å². The van der Waals surface area contributed by atoms with Crippen molar-refractivity contribution in [2.24, 2.45) is 0 Å². The summed E-state index contributed by atoms with van der Waals surface area (Å²) in [6.07, 6.45) is 0.0129. The third-order valence-electron chi connectivity index (χ3n) is 3.76. The average Bonchev–Trinajstić information content (AvgIpc) is 2.42. The number of ether oxygens (including phenoxy) is 1. The van der Waals surface area contributed by atoms with Gasteiger partial charge in [-0.25, -0.2) is 0 Å². The Morgan fingerprint density at radius 3 is 2.90 bits per heavy atom. The molecular formula is C16H22ClNO2. The number of ketones is 1. The van der Waals surface area contributed by atoms with Crippen LogP contribution in [0.25, 0.3) is 0 Å². The van der Waals surface area contributed by atoms with E-state index in [-0.39, 0.29) is 11.9 Å². The number of nitrogens with zero attached hydrogens (tertiary/aromatic N) is 1. The fourth-order valence-electron chi connectivity index (χ4n) is 2.43. The minimum Gasteiger partial charge on any atom is -0.368 e. The van der Waals surface area contributed by atoms with E-state index in [4.69, 9.17) is 16.3 Å². The Hall–Kier alpha value is -0.900. The molecule has 0 aliphatic carbocycles. The molecule has 3 nitrogen and oxygen atoms in total. The van der Waals surface area contributed by atoms with Crippen molar-refractivity contribution in [3.05, 3.63) is 34.3 Å². The van der Waals surface area contributed by atoms with Crippen LogP contribution in [0.15, 0.2) is 18.2 Å². The van der Waals surface area contributed by atoms with E-state index in [1.807, 2.05) is 25.1 Å². The van der Waals surface area contributed by atoms with Crippen LogP contribution in [0.3, 0.4) is 0 Å². The maximum Gasteiger partial charge on any atom is 0.167 e. The number of hydrogen-bond donors (Lipinski definition) is 0. The van der Waals surface area contributed by atoms with Gasteiger partial charge < -0.3 is 4.74 Å². The van der Waals surface area contributed by atoms with E-state index in [0.717, 1.165) is 17.7 Å². The standard InChI is InChI=1S/C16H22ClNO2/c1-11(2)18-6-7-20-16(10-18)15(19)9-13-5-4-12(3)8-14(13)17/h4-5,8,11,16H,6-7,9-10H2,1-3H3. The highest BCUT2D eigenvalue weighted by Gasteiger charge is 2.27. The summed E-state index contributed by atoms with van der Waals surface area (Å²) in [6.45, 7) is 8.47.